The molecule has 132 valence electrons. The Kier molecular flexibility index (Phi) is 4.57. The molecule has 4 rings (SSSR count). The molecule has 0 amide bonds. The Bertz CT molecular complexity index is 1140. The summed E-state index contributed by atoms with van der Waals surface area (Å²) >= 11 is 1.65. The molecule has 3 aromatic heterocycles. The van der Waals surface area contributed by atoms with Crippen molar-refractivity contribution in [2.75, 3.05) is 5.73 Å². The van der Waals surface area contributed by atoms with E-state index in [-0.39, 0.29) is 5.92 Å². The van der Waals surface area contributed by atoms with Crippen molar-refractivity contribution in [3.8, 4) is 23.7 Å². The minimum atomic E-state index is 0.220. The summed E-state index contributed by atoms with van der Waals surface area (Å²) in [4.78, 5) is 15.9. The maximum atomic E-state index is 6.26. The molecule has 27 heavy (non-hydrogen) atoms. The fourth-order valence-corrected chi connectivity index (χ4v) is 4.38. The molecule has 0 saturated carbocycles. The van der Waals surface area contributed by atoms with Crippen LogP contribution in [0.15, 0.2) is 54.7 Å². The van der Waals surface area contributed by atoms with E-state index in [9.17, 15) is 0 Å². The van der Waals surface area contributed by atoms with Gasteiger partial charge < -0.3 is 5.73 Å². The highest BCUT2D eigenvalue weighted by atomic mass is 32.1. The lowest BCUT2D eigenvalue weighted by Crippen LogP contribution is -1.99. The second-order valence-electron chi connectivity index (χ2n) is 6.24. The van der Waals surface area contributed by atoms with Gasteiger partial charge in [-0.3, -0.25) is 4.98 Å². The fourth-order valence-electron chi connectivity index (χ4n) is 3.15. The minimum Gasteiger partial charge on any atom is -0.383 e. The Morgan fingerprint density at radius 3 is 2.78 bits per heavy atom. The maximum absolute atomic E-state index is 6.26. The van der Waals surface area contributed by atoms with Crippen LogP contribution < -0.4 is 5.73 Å². The van der Waals surface area contributed by atoms with Crippen molar-refractivity contribution in [1.29, 1.82) is 0 Å². The Morgan fingerprint density at radius 1 is 1.15 bits per heavy atom. The molecule has 0 aliphatic carbocycles. The Labute approximate surface area is 162 Å². The Morgan fingerprint density at radius 2 is 2.04 bits per heavy atom. The van der Waals surface area contributed by atoms with Crippen molar-refractivity contribution in [1.82, 2.24) is 15.0 Å². The predicted molar refractivity (Wildman–Crippen MR) is 112 cm³/mol. The first kappa shape index (κ1) is 17.2. The molecular formula is C22H18N4S. The van der Waals surface area contributed by atoms with Crippen LogP contribution in [0, 0.1) is 12.3 Å². The maximum Gasteiger partial charge on any atom is 0.163 e. The molecule has 0 bridgehead atoms. The SMILES string of the molecule is C#Cc1cccc(-c2nc(N)c3cc(C(CC)c4ccccn4)sc3n2)c1. The zero-order valence-electron chi connectivity index (χ0n) is 14.9. The molecule has 4 nitrogen and oxygen atoms in total. The van der Waals surface area contributed by atoms with E-state index in [1.807, 2.05) is 42.6 Å². The van der Waals surface area contributed by atoms with Gasteiger partial charge in [0.15, 0.2) is 5.82 Å². The molecule has 0 aliphatic heterocycles. The first-order valence-electron chi connectivity index (χ1n) is 8.74. The number of fused-ring (bicyclic) bond motifs is 1. The third kappa shape index (κ3) is 3.27. The smallest absolute Gasteiger partial charge is 0.163 e. The number of pyridine rings is 1. The van der Waals surface area contributed by atoms with E-state index in [4.69, 9.17) is 17.1 Å². The number of hydrogen-bond donors (Lipinski definition) is 1. The van der Waals surface area contributed by atoms with Crippen molar-refractivity contribution in [3.05, 3.63) is 70.9 Å². The van der Waals surface area contributed by atoms with Crippen molar-refractivity contribution in [2.24, 2.45) is 0 Å². The summed E-state index contributed by atoms with van der Waals surface area (Å²) in [7, 11) is 0. The number of nitrogens with zero attached hydrogens (tertiary/aromatic N) is 3. The lowest BCUT2D eigenvalue weighted by molar-refractivity contribution is 0.763. The van der Waals surface area contributed by atoms with Gasteiger partial charge in [-0.1, -0.05) is 31.0 Å². The van der Waals surface area contributed by atoms with E-state index in [0.717, 1.165) is 33.5 Å². The number of aromatic nitrogens is 3. The summed E-state index contributed by atoms with van der Waals surface area (Å²) in [6.45, 7) is 2.16. The molecule has 0 radical (unpaired) electrons. The van der Waals surface area contributed by atoms with Crippen molar-refractivity contribution >= 4 is 27.4 Å². The second-order valence-corrected chi connectivity index (χ2v) is 7.30. The van der Waals surface area contributed by atoms with Gasteiger partial charge in [-0.2, -0.15) is 0 Å². The summed E-state index contributed by atoms with van der Waals surface area (Å²) in [6.07, 6.45) is 8.29. The first-order valence-corrected chi connectivity index (χ1v) is 9.56. The van der Waals surface area contributed by atoms with Gasteiger partial charge in [-0.05, 0) is 36.8 Å². The molecule has 4 aromatic rings. The Hall–Kier alpha value is -3.23. The number of nitrogen functional groups attached to an aromatic ring is 1. The lowest BCUT2D eigenvalue weighted by Gasteiger charge is -2.11. The lowest BCUT2D eigenvalue weighted by atomic mass is 9.99. The van der Waals surface area contributed by atoms with Gasteiger partial charge in [0.05, 0.1) is 5.39 Å². The molecule has 3 heterocycles. The molecule has 0 fully saturated rings. The van der Waals surface area contributed by atoms with Gasteiger partial charge in [-0.15, -0.1) is 17.8 Å². The summed E-state index contributed by atoms with van der Waals surface area (Å²) in [5.74, 6) is 3.94. The third-order valence-electron chi connectivity index (χ3n) is 4.53. The van der Waals surface area contributed by atoms with Crippen LogP contribution >= 0.6 is 11.3 Å². The summed E-state index contributed by atoms with van der Waals surface area (Å²) < 4.78 is 0. The molecule has 1 aromatic carbocycles. The second kappa shape index (κ2) is 7.18. The summed E-state index contributed by atoms with van der Waals surface area (Å²) in [5, 5.41) is 0.890. The van der Waals surface area contributed by atoms with E-state index < -0.39 is 0 Å². The van der Waals surface area contributed by atoms with Crippen molar-refractivity contribution < 1.29 is 0 Å². The van der Waals surface area contributed by atoms with Gasteiger partial charge in [0.25, 0.3) is 0 Å². The minimum absolute atomic E-state index is 0.220. The largest absolute Gasteiger partial charge is 0.383 e. The topological polar surface area (TPSA) is 64.7 Å². The highest BCUT2D eigenvalue weighted by Gasteiger charge is 2.19. The highest BCUT2D eigenvalue weighted by Crippen LogP contribution is 2.37. The summed E-state index contributed by atoms with van der Waals surface area (Å²) in [6, 6.07) is 15.7. The third-order valence-corrected chi connectivity index (χ3v) is 5.67. The van der Waals surface area contributed by atoms with Crippen LogP contribution in [0.1, 0.15) is 35.4 Å². The molecule has 1 unspecified atom stereocenters. The molecule has 0 saturated heterocycles. The normalized spacial score (nSPS) is 12.0. The van der Waals surface area contributed by atoms with Gasteiger partial charge in [0.1, 0.15) is 10.6 Å². The number of nitrogens with two attached hydrogens (primary N) is 1. The average Bonchev–Trinajstić information content (AvgIpc) is 3.14. The van der Waals surface area contributed by atoms with Crippen LogP contribution in [0.25, 0.3) is 21.6 Å². The van der Waals surface area contributed by atoms with E-state index in [0.29, 0.717) is 11.6 Å². The summed E-state index contributed by atoms with van der Waals surface area (Å²) in [5.41, 5.74) is 8.97. The number of terminal acetylenes is 1. The van der Waals surface area contributed by atoms with E-state index in [1.165, 1.54) is 4.88 Å². The van der Waals surface area contributed by atoms with Crippen molar-refractivity contribution in [3.63, 3.8) is 0 Å². The monoisotopic (exact) mass is 370 g/mol. The number of benzene rings is 1. The number of thiophene rings is 1. The van der Waals surface area contributed by atoms with Crippen LogP contribution in [0.4, 0.5) is 5.82 Å². The van der Waals surface area contributed by atoms with Gasteiger partial charge in [0, 0.05) is 33.8 Å². The first-order chi connectivity index (χ1) is 13.2. The zero-order chi connectivity index (χ0) is 18.8. The molecule has 0 spiro atoms. The highest BCUT2D eigenvalue weighted by molar-refractivity contribution is 7.18. The van der Waals surface area contributed by atoms with Gasteiger partial charge >= 0.3 is 0 Å². The number of rotatable bonds is 4. The van der Waals surface area contributed by atoms with Crippen LogP contribution in [-0.4, -0.2) is 15.0 Å². The number of anilines is 1. The molecule has 1 atom stereocenters. The zero-order valence-corrected chi connectivity index (χ0v) is 15.7. The van der Waals surface area contributed by atoms with Crippen LogP contribution in [0.3, 0.4) is 0 Å². The molecule has 2 N–H and O–H groups in total. The molecular weight excluding hydrogens is 352 g/mol. The van der Waals surface area contributed by atoms with E-state index >= 15 is 0 Å². The van der Waals surface area contributed by atoms with E-state index in [1.54, 1.807) is 11.3 Å². The van der Waals surface area contributed by atoms with E-state index in [2.05, 4.69) is 34.9 Å². The van der Waals surface area contributed by atoms with Crippen molar-refractivity contribution in [2.45, 2.75) is 19.3 Å². The van der Waals surface area contributed by atoms with Gasteiger partial charge in [0.2, 0.25) is 0 Å². The molecule has 0 aliphatic rings. The predicted octanol–water partition coefficient (Wildman–Crippen LogP) is 4.86. The van der Waals surface area contributed by atoms with Crippen LogP contribution in [0.2, 0.25) is 0 Å². The molecule has 5 heteroatoms. The average molecular weight is 370 g/mol. The van der Waals surface area contributed by atoms with Crippen LogP contribution in [-0.2, 0) is 0 Å². The fraction of sp³-hybridized carbons (Fsp3) is 0.136. The van der Waals surface area contributed by atoms with Crippen LogP contribution in [0.5, 0.6) is 0 Å². The Balaban J connectivity index is 1.81. The quantitative estimate of drug-likeness (QED) is 0.521. The standard InChI is InChI=1S/C22H18N4S/c1-3-14-8-7-9-15(12-14)21-25-20(23)17-13-19(27-22(17)26-21)16(4-2)18-10-5-6-11-24-18/h1,5-13,16H,4H2,2H3,(H2,23,25,26). The van der Waals surface area contributed by atoms with Gasteiger partial charge in [-0.25, -0.2) is 9.97 Å². The number of hydrogen-bond acceptors (Lipinski definition) is 5.